The van der Waals surface area contributed by atoms with Crippen LogP contribution in [0.4, 0.5) is 0 Å². The number of likely N-dealkylation sites (tertiary alicyclic amines) is 1. The lowest BCUT2D eigenvalue weighted by Gasteiger charge is -2.17. The van der Waals surface area contributed by atoms with Gasteiger partial charge >= 0.3 is 0 Å². The Morgan fingerprint density at radius 3 is 2.42 bits per heavy atom. The van der Waals surface area contributed by atoms with E-state index in [1.807, 2.05) is 50.8 Å². The average molecular weight is 420 g/mol. The molecule has 1 fully saturated rings. The number of nitrogens with zero attached hydrogens (tertiary/aromatic N) is 5. The molecule has 1 aliphatic rings. The molecule has 162 valence electrons. The van der Waals surface area contributed by atoms with Crippen molar-refractivity contribution in [2.45, 2.75) is 46.5 Å². The molecule has 3 aromatic rings. The van der Waals surface area contributed by atoms with E-state index < -0.39 is 0 Å². The van der Waals surface area contributed by atoms with E-state index in [9.17, 15) is 4.79 Å². The summed E-state index contributed by atoms with van der Waals surface area (Å²) in [5, 5.41) is 4.63. The van der Waals surface area contributed by atoms with Gasteiger partial charge in [-0.05, 0) is 57.9 Å². The molecule has 0 radical (unpaired) electrons. The number of hydrogen-bond acceptors (Lipinski definition) is 5. The predicted octanol–water partition coefficient (Wildman–Crippen LogP) is 3.46. The second-order valence-electron chi connectivity index (χ2n) is 8.29. The molecule has 1 aliphatic heterocycles. The normalized spacial score (nSPS) is 16.0. The molecule has 0 bridgehead atoms. The number of carbonyl (C=O) groups excluding carboxylic acids is 1. The fourth-order valence-electron chi connectivity index (χ4n) is 4.33. The number of rotatable bonds is 5. The fraction of sp³-hybridized carbons (Fsp3) is 0.417. The number of ether oxygens (including phenoxy) is 1. The van der Waals surface area contributed by atoms with Crippen molar-refractivity contribution in [2.75, 3.05) is 20.2 Å². The average Bonchev–Trinajstić information content (AvgIpc) is 3.34. The maximum absolute atomic E-state index is 13.1. The quantitative estimate of drug-likeness (QED) is 0.633. The van der Waals surface area contributed by atoms with E-state index in [0.717, 1.165) is 53.6 Å². The monoisotopic (exact) mass is 419 g/mol. The lowest BCUT2D eigenvalue weighted by molar-refractivity contribution is -0.129. The van der Waals surface area contributed by atoms with Crippen LogP contribution in [-0.2, 0) is 11.2 Å². The second kappa shape index (κ2) is 8.49. The van der Waals surface area contributed by atoms with Crippen molar-refractivity contribution in [3.8, 4) is 11.7 Å². The molecule has 0 saturated carbocycles. The summed E-state index contributed by atoms with van der Waals surface area (Å²) in [7, 11) is 1.67. The standard InChI is InChI=1S/C24H29N5O2/c1-15-12-16(2)26-24(25-15)29-18(4)22(17(3)27-29)13-23(30)28-11-10-20(14-28)19-6-8-21(31-5)9-7-19/h6-9,12,20H,10-11,13-14H2,1-5H3. The number of carbonyl (C=O) groups is 1. The first-order valence-electron chi connectivity index (χ1n) is 10.6. The molecule has 1 unspecified atom stereocenters. The van der Waals surface area contributed by atoms with Gasteiger partial charge in [0.25, 0.3) is 5.95 Å². The van der Waals surface area contributed by atoms with Crippen LogP contribution in [0.25, 0.3) is 5.95 Å². The summed E-state index contributed by atoms with van der Waals surface area (Å²) in [4.78, 5) is 24.1. The third-order valence-corrected chi connectivity index (χ3v) is 6.06. The number of aryl methyl sites for hydroxylation is 3. The Labute approximate surface area is 183 Å². The maximum Gasteiger partial charge on any atom is 0.251 e. The van der Waals surface area contributed by atoms with Gasteiger partial charge in [-0.1, -0.05) is 12.1 Å². The third-order valence-electron chi connectivity index (χ3n) is 6.06. The Morgan fingerprint density at radius 2 is 1.77 bits per heavy atom. The van der Waals surface area contributed by atoms with Gasteiger partial charge in [0.05, 0.1) is 19.2 Å². The van der Waals surface area contributed by atoms with Gasteiger partial charge in [-0.15, -0.1) is 0 Å². The zero-order valence-corrected chi connectivity index (χ0v) is 18.8. The first-order valence-corrected chi connectivity index (χ1v) is 10.6. The molecule has 0 aliphatic carbocycles. The number of methoxy groups -OCH3 is 1. The highest BCUT2D eigenvalue weighted by Crippen LogP contribution is 2.29. The molecular formula is C24H29N5O2. The molecule has 1 atom stereocenters. The highest BCUT2D eigenvalue weighted by molar-refractivity contribution is 5.79. The van der Waals surface area contributed by atoms with Crippen molar-refractivity contribution in [3.05, 3.63) is 64.2 Å². The number of hydrogen-bond donors (Lipinski definition) is 0. The smallest absolute Gasteiger partial charge is 0.251 e. The minimum absolute atomic E-state index is 0.142. The summed E-state index contributed by atoms with van der Waals surface area (Å²) in [5.74, 6) is 1.91. The third kappa shape index (κ3) is 4.31. The summed E-state index contributed by atoms with van der Waals surface area (Å²) >= 11 is 0. The van der Waals surface area contributed by atoms with E-state index >= 15 is 0 Å². The van der Waals surface area contributed by atoms with E-state index in [4.69, 9.17) is 4.74 Å². The van der Waals surface area contributed by atoms with E-state index in [1.165, 1.54) is 5.56 Å². The first-order chi connectivity index (χ1) is 14.9. The van der Waals surface area contributed by atoms with E-state index in [-0.39, 0.29) is 5.91 Å². The Morgan fingerprint density at radius 1 is 1.10 bits per heavy atom. The number of amides is 1. The van der Waals surface area contributed by atoms with Crippen LogP contribution in [0.1, 0.15) is 46.2 Å². The summed E-state index contributed by atoms with van der Waals surface area (Å²) < 4.78 is 7.00. The van der Waals surface area contributed by atoms with Crippen LogP contribution in [0.2, 0.25) is 0 Å². The summed E-state index contributed by atoms with van der Waals surface area (Å²) in [5.41, 5.74) is 5.77. The topological polar surface area (TPSA) is 73.1 Å². The van der Waals surface area contributed by atoms with Crippen LogP contribution in [0.5, 0.6) is 5.75 Å². The van der Waals surface area contributed by atoms with Gasteiger partial charge in [0.15, 0.2) is 0 Å². The van der Waals surface area contributed by atoms with Crippen molar-refractivity contribution in [1.29, 1.82) is 0 Å². The molecule has 1 aromatic carbocycles. The summed E-state index contributed by atoms with van der Waals surface area (Å²) in [6.07, 6.45) is 1.32. The Kier molecular flexibility index (Phi) is 5.76. The van der Waals surface area contributed by atoms with Gasteiger partial charge in [0, 0.05) is 41.7 Å². The summed E-state index contributed by atoms with van der Waals surface area (Å²) in [6.45, 7) is 9.34. The van der Waals surface area contributed by atoms with Crippen molar-refractivity contribution < 1.29 is 9.53 Å². The molecule has 2 aromatic heterocycles. The van der Waals surface area contributed by atoms with Crippen molar-refractivity contribution >= 4 is 5.91 Å². The second-order valence-corrected chi connectivity index (χ2v) is 8.29. The van der Waals surface area contributed by atoms with Crippen molar-refractivity contribution in [1.82, 2.24) is 24.6 Å². The largest absolute Gasteiger partial charge is 0.497 e. The molecule has 0 spiro atoms. The Hall–Kier alpha value is -3.22. The molecule has 1 saturated heterocycles. The molecule has 7 heteroatoms. The van der Waals surface area contributed by atoms with Crippen LogP contribution in [0.3, 0.4) is 0 Å². The van der Waals surface area contributed by atoms with Gasteiger partial charge in [-0.2, -0.15) is 5.10 Å². The molecule has 31 heavy (non-hydrogen) atoms. The highest BCUT2D eigenvalue weighted by atomic mass is 16.5. The molecule has 0 N–H and O–H groups in total. The zero-order valence-electron chi connectivity index (χ0n) is 18.8. The molecule has 3 heterocycles. The molecular weight excluding hydrogens is 390 g/mol. The Balaban J connectivity index is 1.48. The van der Waals surface area contributed by atoms with Crippen LogP contribution in [0, 0.1) is 27.7 Å². The van der Waals surface area contributed by atoms with Gasteiger partial charge < -0.3 is 9.64 Å². The van der Waals surface area contributed by atoms with Crippen molar-refractivity contribution in [2.24, 2.45) is 0 Å². The van der Waals surface area contributed by atoms with Crippen LogP contribution in [0.15, 0.2) is 30.3 Å². The highest BCUT2D eigenvalue weighted by Gasteiger charge is 2.28. The lowest BCUT2D eigenvalue weighted by atomic mass is 9.98. The molecule has 4 rings (SSSR count). The van der Waals surface area contributed by atoms with E-state index in [2.05, 4.69) is 27.2 Å². The van der Waals surface area contributed by atoms with Gasteiger partial charge in [-0.25, -0.2) is 14.6 Å². The molecule has 7 nitrogen and oxygen atoms in total. The Bertz CT molecular complexity index is 1080. The van der Waals surface area contributed by atoms with Crippen LogP contribution < -0.4 is 4.74 Å². The van der Waals surface area contributed by atoms with Gasteiger partial charge in [-0.3, -0.25) is 4.79 Å². The fourth-order valence-corrected chi connectivity index (χ4v) is 4.33. The summed E-state index contributed by atoms with van der Waals surface area (Å²) in [6, 6.07) is 10.1. The maximum atomic E-state index is 13.1. The zero-order chi connectivity index (χ0) is 22.1. The van der Waals surface area contributed by atoms with E-state index in [0.29, 0.717) is 18.3 Å². The minimum Gasteiger partial charge on any atom is -0.497 e. The minimum atomic E-state index is 0.142. The lowest BCUT2D eigenvalue weighted by Crippen LogP contribution is -2.30. The van der Waals surface area contributed by atoms with Gasteiger partial charge in [0.2, 0.25) is 5.91 Å². The van der Waals surface area contributed by atoms with Gasteiger partial charge in [0.1, 0.15) is 5.75 Å². The van der Waals surface area contributed by atoms with Crippen LogP contribution in [-0.4, -0.2) is 50.8 Å². The van der Waals surface area contributed by atoms with E-state index in [1.54, 1.807) is 11.8 Å². The SMILES string of the molecule is COc1ccc(C2CCN(C(=O)Cc3c(C)nn(-c4nc(C)cc(C)n4)c3C)C2)cc1. The number of benzene rings is 1. The number of aromatic nitrogens is 4. The first kappa shape index (κ1) is 21.0. The van der Waals surface area contributed by atoms with Crippen molar-refractivity contribution in [3.63, 3.8) is 0 Å². The predicted molar refractivity (Wildman–Crippen MR) is 119 cm³/mol. The van der Waals surface area contributed by atoms with Crippen LogP contribution >= 0.6 is 0 Å². The molecule has 1 amide bonds.